The number of hydrogen-bond donors (Lipinski definition) is 1. The maximum atomic E-state index is 10.0. The van der Waals surface area contributed by atoms with Crippen LogP contribution in [0.4, 0.5) is 0 Å². The minimum Gasteiger partial charge on any atom is -0.493 e. The molecule has 0 aliphatic heterocycles. The van der Waals surface area contributed by atoms with Crippen molar-refractivity contribution in [3.63, 3.8) is 0 Å². The fraction of sp³-hybridized carbons (Fsp3) is 0.143. The molecule has 0 fully saturated rings. The first-order valence-electron chi connectivity index (χ1n) is 5.90. The predicted molar refractivity (Wildman–Crippen MR) is 77.6 cm³/mol. The van der Waals surface area contributed by atoms with Gasteiger partial charge in [-0.05, 0) is 31.2 Å². The highest BCUT2D eigenvalue weighted by atomic mass is 79.9. The molecule has 19 heavy (non-hydrogen) atoms. The Morgan fingerprint density at radius 2 is 2.11 bits per heavy atom. The summed E-state index contributed by atoms with van der Waals surface area (Å²) in [6, 6.07) is 7.42. The van der Waals surface area contributed by atoms with Gasteiger partial charge < -0.3 is 9.84 Å². The monoisotopic (exact) mass is 318 g/mol. The van der Waals surface area contributed by atoms with Gasteiger partial charge in [-0.3, -0.25) is 0 Å². The first-order valence-corrected chi connectivity index (χ1v) is 6.69. The van der Waals surface area contributed by atoms with Crippen LogP contribution < -0.4 is 4.74 Å². The number of rotatable bonds is 2. The molecule has 2 aromatic heterocycles. The SMILES string of the molecule is CCOc1nccc2c(O)nc3ccc(Br)cc3c12. The summed E-state index contributed by atoms with van der Waals surface area (Å²) in [5.74, 6) is 0.508. The van der Waals surface area contributed by atoms with Crippen molar-refractivity contribution in [2.75, 3.05) is 6.61 Å². The lowest BCUT2D eigenvalue weighted by atomic mass is 10.1. The summed E-state index contributed by atoms with van der Waals surface area (Å²) >= 11 is 3.45. The second-order valence-electron chi connectivity index (χ2n) is 4.07. The summed E-state index contributed by atoms with van der Waals surface area (Å²) in [5.41, 5.74) is 0.710. The molecule has 0 aliphatic carbocycles. The Kier molecular flexibility index (Phi) is 2.98. The molecule has 0 atom stereocenters. The Morgan fingerprint density at radius 1 is 1.26 bits per heavy atom. The summed E-state index contributed by atoms with van der Waals surface area (Å²) in [4.78, 5) is 8.44. The lowest BCUT2D eigenvalue weighted by Crippen LogP contribution is -1.96. The van der Waals surface area contributed by atoms with Crippen molar-refractivity contribution < 1.29 is 9.84 Å². The van der Waals surface area contributed by atoms with Crippen molar-refractivity contribution >= 4 is 37.6 Å². The van der Waals surface area contributed by atoms with Crippen molar-refractivity contribution in [1.82, 2.24) is 9.97 Å². The number of nitrogens with zero attached hydrogens (tertiary/aromatic N) is 2. The van der Waals surface area contributed by atoms with Crippen LogP contribution in [0.5, 0.6) is 11.8 Å². The van der Waals surface area contributed by atoms with E-state index in [0.717, 1.165) is 15.2 Å². The van der Waals surface area contributed by atoms with E-state index in [4.69, 9.17) is 4.74 Å². The van der Waals surface area contributed by atoms with E-state index in [1.807, 2.05) is 25.1 Å². The Labute approximate surface area is 118 Å². The van der Waals surface area contributed by atoms with E-state index >= 15 is 0 Å². The number of halogens is 1. The minimum atomic E-state index is -0.00632. The molecule has 0 radical (unpaired) electrons. The van der Waals surface area contributed by atoms with Crippen LogP contribution in [0.2, 0.25) is 0 Å². The Bertz CT molecular complexity index is 774. The van der Waals surface area contributed by atoms with Crippen molar-refractivity contribution in [3.8, 4) is 11.8 Å². The number of pyridine rings is 2. The zero-order chi connectivity index (χ0) is 13.4. The Morgan fingerprint density at radius 3 is 2.89 bits per heavy atom. The number of aromatic nitrogens is 2. The molecule has 0 aliphatic rings. The van der Waals surface area contributed by atoms with Crippen molar-refractivity contribution in [1.29, 1.82) is 0 Å². The molecule has 0 saturated heterocycles. The van der Waals surface area contributed by atoms with Gasteiger partial charge in [-0.1, -0.05) is 15.9 Å². The van der Waals surface area contributed by atoms with E-state index in [2.05, 4.69) is 25.9 Å². The molecule has 3 rings (SSSR count). The van der Waals surface area contributed by atoms with E-state index in [1.54, 1.807) is 12.3 Å². The lowest BCUT2D eigenvalue weighted by Gasteiger charge is -2.10. The zero-order valence-corrected chi connectivity index (χ0v) is 11.8. The van der Waals surface area contributed by atoms with Gasteiger partial charge in [0.15, 0.2) is 0 Å². The van der Waals surface area contributed by atoms with E-state index in [0.29, 0.717) is 23.4 Å². The van der Waals surface area contributed by atoms with Crippen LogP contribution in [0.25, 0.3) is 21.7 Å². The molecule has 5 heteroatoms. The van der Waals surface area contributed by atoms with Gasteiger partial charge in [-0.2, -0.15) is 0 Å². The van der Waals surface area contributed by atoms with E-state index in [9.17, 15) is 5.11 Å². The van der Waals surface area contributed by atoms with Crippen molar-refractivity contribution in [2.24, 2.45) is 0 Å². The fourth-order valence-electron chi connectivity index (χ4n) is 2.12. The summed E-state index contributed by atoms with van der Waals surface area (Å²) in [7, 11) is 0. The molecule has 1 N–H and O–H groups in total. The van der Waals surface area contributed by atoms with Gasteiger partial charge in [-0.15, -0.1) is 0 Å². The van der Waals surface area contributed by atoms with Crippen LogP contribution in [0, 0.1) is 0 Å². The predicted octanol–water partition coefficient (Wildman–Crippen LogP) is 3.65. The van der Waals surface area contributed by atoms with E-state index < -0.39 is 0 Å². The average molecular weight is 319 g/mol. The molecular formula is C14H11BrN2O2. The number of ether oxygens (including phenoxy) is 1. The largest absolute Gasteiger partial charge is 0.493 e. The van der Waals surface area contributed by atoms with Crippen LogP contribution >= 0.6 is 15.9 Å². The molecule has 1 aromatic carbocycles. The number of aromatic hydroxyl groups is 1. The second-order valence-corrected chi connectivity index (χ2v) is 4.98. The molecule has 2 heterocycles. The lowest BCUT2D eigenvalue weighted by molar-refractivity contribution is 0.331. The maximum absolute atomic E-state index is 10.0. The number of fused-ring (bicyclic) bond motifs is 3. The number of benzene rings is 1. The van der Waals surface area contributed by atoms with Gasteiger partial charge in [0.1, 0.15) is 0 Å². The third-order valence-electron chi connectivity index (χ3n) is 2.89. The molecule has 0 unspecified atom stereocenters. The average Bonchev–Trinajstić information content (AvgIpc) is 2.40. The third-order valence-corrected chi connectivity index (χ3v) is 3.39. The number of hydrogen-bond acceptors (Lipinski definition) is 4. The highest BCUT2D eigenvalue weighted by Gasteiger charge is 2.13. The molecule has 0 bridgehead atoms. The molecule has 4 nitrogen and oxygen atoms in total. The van der Waals surface area contributed by atoms with Crippen LogP contribution in [0.1, 0.15) is 6.92 Å². The third kappa shape index (κ3) is 2.00. The molecule has 0 amide bonds. The smallest absolute Gasteiger partial charge is 0.222 e. The Hall–Kier alpha value is -1.88. The quantitative estimate of drug-likeness (QED) is 0.733. The standard InChI is InChI=1S/C14H11BrN2O2/c1-2-19-14-12-9(5-6-16-14)13(18)17-11-4-3-8(15)7-10(11)12/h3-7H,2H2,1H3,(H,17,18). The van der Waals surface area contributed by atoms with Crippen LogP contribution in [-0.2, 0) is 0 Å². The molecule has 96 valence electrons. The van der Waals surface area contributed by atoms with Gasteiger partial charge in [0, 0.05) is 16.1 Å². The van der Waals surface area contributed by atoms with E-state index in [1.165, 1.54) is 0 Å². The minimum absolute atomic E-state index is 0.00632. The first-order chi connectivity index (χ1) is 9.20. The topological polar surface area (TPSA) is 55.2 Å². The highest BCUT2D eigenvalue weighted by molar-refractivity contribution is 9.10. The van der Waals surface area contributed by atoms with Gasteiger partial charge in [0.2, 0.25) is 11.8 Å². The molecule has 0 saturated carbocycles. The van der Waals surface area contributed by atoms with Crippen LogP contribution in [0.3, 0.4) is 0 Å². The van der Waals surface area contributed by atoms with Gasteiger partial charge >= 0.3 is 0 Å². The highest BCUT2D eigenvalue weighted by Crippen LogP contribution is 2.35. The maximum Gasteiger partial charge on any atom is 0.222 e. The normalized spacial score (nSPS) is 11.1. The summed E-state index contributed by atoms with van der Waals surface area (Å²) < 4.78 is 6.50. The van der Waals surface area contributed by atoms with E-state index in [-0.39, 0.29) is 5.88 Å². The Balaban J connectivity index is 2.51. The van der Waals surface area contributed by atoms with Crippen molar-refractivity contribution in [2.45, 2.75) is 6.92 Å². The van der Waals surface area contributed by atoms with Gasteiger partial charge in [0.25, 0.3) is 0 Å². The van der Waals surface area contributed by atoms with Crippen molar-refractivity contribution in [3.05, 3.63) is 34.9 Å². The fourth-order valence-corrected chi connectivity index (χ4v) is 2.48. The summed E-state index contributed by atoms with van der Waals surface area (Å²) in [6.07, 6.45) is 1.61. The molecular weight excluding hydrogens is 308 g/mol. The second kappa shape index (κ2) is 4.66. The zero-order valence-electron chi connectivity index (χ0n) is 10.2. The van der Waals surface area contributed by atoms with Crippen LogP contribution in [-0.4, -0.2) is 21.7 Å². The van der Waals surface area contributed by atoms with Crippen LogP contribution in [0.15, 0.2) is 34.9 Å². The van der Waals surface area contributed by atoms with Gasteiger partial charge in [-0.25, -0.2) is 9.97 Å². The summed E-state index contributed by atoms with van der Waals surface area (Å²) in [6.45, 7) is 2.42. The summed E-state index contributed by atoms with van der Waals surface area (Å²) in [5, 5.41) is 12.4. The molecule has 0 spiro atoms. The first kappa shape index (κ1) is 12.2. The van der Waals surface area contributed by atoms with Gasteiger partial charge in [0.05, 0.1) is 22.9 Å². The molecule has 3 aromatic rings.